The first-order valence-electron chi connectivity index (χ1n) is 38.1. The van der Waals surface area contributed by atoms with Gasteiger partial charge in [-0.2, -0.15) is 0 Å². The zero-order chi connectivity index (χ0) is 63.1. The van der Waals surface area contributed by atoms with Crippen molar-refractivity contribution >= 4 is 11.9 Å². The number of hydrogen-bond acceptors (Lipinski definition) is 10. The number of carbonyl (C=O) groups excluding carboxylic acids is 2. The maximum atomic E-state index is 13.5. The molecular weight excluding hydrogens is 1090 g/mol. The molecule has 1 amide bonds. The van der Waals surface area contributed by atoms with Gasteiger partial charge in [-0.25, -0.2) is 0 Å². The second-order valence-electron chi connectivity index (χ2n) is 26.7. The van der Waals surface area contributed by atoms with Crippen molar-refractivity contribution in [2.45, 2.75) is 436 Å². The van der Waals surface area contributed by atoms with E-state index in [2.05, 4.69) is 38.2 Å². The first-order chi connectivity index (χ1) is 42.7. The van der Waals surface area contributed by atoms with Crippen LogP contribution in [0.15, 0.2) is 24.3 Å². The van der Waals surface area contributed by atoms with Crippen LogP contribution in [0.2, 0.25) is 0 Å². The number of rotatable bonds is 67. The smallest absolute Gasteiger partial charge is 0.306 e. The molecule has 0 aliphatic carbocycles. The molecule has 1 rings (SSSR count). The lowest BCUT2D eigenvalue weighted by molar-refractivity contribution is -0.305. The summed E-state index contributed by atoms with van der Waals surface area (Å²) in [5.41, 5.74) is 0. The minimum Gasteiger partial charge on any atom is -0.454 e. The van der Waals surface area contributed by atoms with Crippen LogP contribution in [0.5, 0.6) is 0 Å². The molecule has 1 aliphatic rings. The van der Waals surface area contributed by atoms with Crippen molar-refractivity contribution in [2.24, 2.45) is 0 Å². The lowest BCUT2D eigenvalue weighted by Gasteiger charge is -2.41. The zero-order valence-electron chi connectivity index (χ0n) is 57.4. The Morgan fingerprint density at radius 1 is 0.437 bits per heavy atom. The van der Waals surface area contributed by atoms with E-state index in [0.29, 0.717) is 19.3 Å². The van der Waals surface area contributed by atoms with Crippen molar-refractivity contribution in [2.75, 3.05) is 13.2 Å². The Hall–Kier alpha value is -1.86. The van der Waals surface area contributed by atoms with E-state index in [1.165, 1.54) is 283 Å². The van der Waals surface area contributed by atoms with E-state index in [0.717, 1.165) is 57.8 Å². The molecule has 1 saturated heterocycles. The third kappa shape index (κ3) is 51.4. The largest absolute Gasteiger partial charge is 0.454 e. The van der Waals surface area contributed by atoms with Crippen molar-refractivity contribution in [3.8, 4) is 0 Å². The highest BCUT2D eigenvalue weighted by Crippen LogP contribution is 2.27. The quantitative estimate of drug-likeness (QED) is 0.0195. The van der Waals surface area contributed by atoms with E-state index < -0.39 is 67.4 Å². The lowest BCUT2D eigenvalue weighted by Crippen LogP contribution is -2.61. The summed E-state index contributed by atoms with van der Waals surface area (Å²) in [5, 5.41) is 57.3. The van der Waals surface area contributed by atoms with Crippen molar-refractivity contribution in [3.05, 3.63) is 24.3 Å². The van der Waals surface area contributed by atoms with Gasteiger partial charge < -0.3 is 45.1 Å². The third-order valence-electron chi connectivity index (χ3n) is 18.4. The van der Waals surface area contributed by atoms with Gasteiger partial charge in [0, 0.05) is 6.42 Å². The van der Waals surface area contributed by atoms with Gasteiger partial charge in [0.05, 0.1) is 25.4 Å². The molecule has 1 fully saturated rings. The number of esters is 1. The Kier molecular flexibility index (Phi) is 61.4. The second kappa shape index (κ2) is 64.3. The highest BCUT2D eigenvalue weighted by Gasteiger charge is 2.47. The average molecular weight is 1230 g/mol. The molecule has 8 atom stereocenters. The molecule has 0 bridgehead atoms. The standard InChI is InChI=1S/C76H145NO10/c1-4-7-10-13-16-19-22-24-26-28-30-32-34-35-36-38-40-42-44-46-49-52-55-58-61-64-71(81)87-74-73(83)72(82)70(65-78)86-76(74)85-66-67(68(79)62-59-56-53-50-47-21-18-15-12-9-6-3)77-75(84)69(80)63-60-57-54-51-48-45-43-41-39-37-33-31-29-27-25-23-20-17-14-11-8-5-2/h25,27,59,62,67-70,72-74,76,78-80,82-83H,4-24,26,28-58,60-61,63-66H2,1-3H3,(H,77,84)/b27-25+,62-59+. The maximum absolute atomic E-state index is 13.5. The highest BCUT2D eigenvalue weighted by atomic mass is 16.7. The fourth-order valence-corrected chi connectivity index (χ4v) is 12.4. The first-order valence-corrected chi connectivity index (χ1v) is 38.1. The number of aliphatic hydroxyl groups is 5. The topological polar surface area (TPSA) is 175 Å². The Morgan fingerprint density at radius 3 is 1.11 bits per heavy atom. The van der Waals surface area contributed by atoms with E-state index in [1.54, 1.807) is 6.08 Å². The fourth-order valence-electron chi connectivity index (χ4n) is 12.4. The molecule has 0 spiro atoms. The molecule has 0 aromatic rings. The number of carbonyl (C=O) groups is 2. The van der Waals surface area contributed by atoms with E-state index in [-0.39, 0.29) is 13.0 Å². The van der Waals surface area contributed by atoms with Crippen molar-refractivity contribution < 1.29 is 49.3 Å². The molecule has 1 aliphatic heterocycles. The van der Waals surface area contributed by atoms with Gasteiger partial charge in [0.2, 0.25) is 5.91 Å². The molecule has 8 unspecified atom stereocenters. The summed E-state index contributed by atoms with van der Waals surface area (Å²) in [7, 11) is 0. The van der Waals surface area contributed by atoms with E-state index in [1.807, 2.05) is 6.08 Å². The molecule has 0 aromatic carbocycles. The van der Waals surface area contributed by atoms with Crippen LogP contribution >= 0.6 is 0 Å². The number of allylic oxidation sites excluding steroid dienone is 3. The predicted molar refractivity (Wildman–Crippen MR) is 366 cm³/mol. The van der Waals surface area contributed by atoms with Crippen LogP contribution in [0.1, 0.15) is 387 Å². The highest BCUT2D eigenvalue weighted by molar-refractivity contribution is 5.80. The van der Waals surface area contributed by atoms with Crippen molar-refractivity contribution in [1.29, 1.82) is 0 Å². The molecule has 514 valence electrons. The molecule has 87 heavy (non-hydrogen) atoms. The molecule has 0 aromatic heterocycles. The molecule has 11 heteroatoms. The van der Waals surface area contributed by atoms with Gasteiger partial charge in [0.1, 0.15) is 24.4 Å². The van der Waals surface area contributed by atoms with Crippen LogP contribution in [-0.4, -0.2) is 99.6 Å². The Balaban J connectivity index is 2.49. The first kappa shape index (κ1) is 83.2. The third-order valence-corrected chi connectivity index (χ3v) is 18.4. The van der Waals surface area contributed by atoms with Crippen molar-refractivity contribution in [1.82, 2.24) is 5.32 Å². The predicted octanol–water partition coefficient (Wildman–Crippen LogP) is 20.0. The second-order valence-corrected chi connectivity index (χ2v) is 26.7. The minimum absolute atomic E-state index is 0.131. The van der Waals surface area contributed by atoms with Gasteiger partial charge in [-0.1, -0.05) is 353 Å². The number of unbranched alkanes of at least 4 members (excludes halogenated alkanes) is 51. The average Bonchev–Trinajstić information content (AvgIpc) is 1.30. The normalized spacial score (nSPS) is 18.3. The van der Waals surface area contributed by atoms with Gasteiger partial charge in [0.15, 0.2) is 12.4 Å². The summed E-state index contributed by atoms with van der Waals surface area (Å²) in [6.07, 6.45) is 68.1. The molecule has 0 radical (unpaired) electrons. The van der Waals surface area contributed by atoms with Gasteiger partial charge in [-0.15, -0.1) is 0 Å². The minimum atomic E-state index is -1.61. The summed E-state index contributed by atoms with van der Waals surface area (Å²) in [5.74, 6) is -1.17. The molecule has 11 nitrogen and oxygen atoms in total. The fraction of sp³-hybridized carbons (Fsp3) is 0.921. The summed E-state index contributed by atoms with van der Waals surface area (Å²) in [6, 6.07) is -1.02. The van der Waals surface area contributed by atoms with E-state index >= 15 is 0 Å². The number of ether oxygens (including phenoxy) is 3. The van der Waals surface area contributed by atoms with Crippen LogP contribution in [-0.2, 0) is 23.8 Å². The van der Waals surface area contributed by atoms with Crippen LogP contribution in [0.25, 0.3) is 0 Å². The lowest BCUT2D eigenvalue weighted by atomic mass is 9.99. The van der Waals surface area contributed by atoms with Crippen molar-refractivity contribution in [3.63, 3.8) is 0 Å². The number of amides is 1. The van der Waals surface area contributed by atoms with Gasteiger partial charge in [0.25, 0.3) is 0 Å². The van der Waals surface area contributed by atoms with E-state index in [4.69, 9.17) is 14.2 Å². The maximum Gasteiger partial charge on any atom is 0.306 e. The van der Waals surface area contributed by atoms with Crippen LogP contribution in [0, 0.1) is 0 Å². The van der Waals surface area contributed by atoms with Crippen LogP contribution in [0.4, 0.5) is 0 Å². The Morgan fingerprint density at radius 2 is 0.759 bits per heavy atom. The molecular formula is C76H145NO10. The van der Waals surface area contributed by atoms with Crippen LogP contribution in [0.3, 0.4) is 0 Å². The Labute approximate surface area is 537 Å². The van der Waals surface area contributed by atoms with Gasteiger partial charge in [-0.05, 0) is 51.4 Å². The molecule has 0 saturated carbocycles. The Bertz CT molecular complexity index is 1510. The SMILES string of the molecule is CCCCCCCC/C=C/CCCCCCCCCCCCCCC(O)C(=O)NC(COC1OC(CO)C(O)C(O)C1OC(=O)CCCCCCCCCCCCCCCCCCCCCCCCCCC)C(O)/C=C/CCCCCCCCCCC. The van der Waals surface area contributed by atoms with Crippen LogP contribution < -0.4 is 5.32 Å². The molecule has 1 heterocycles. The summed E-state index contributed by atoms with van der Waals surface area (Å²) in [6.45, 7) is 5.85. The monoisotopic (exact) mass is 1230 g/mol. The summed E-state index contributed by atoms with van der Waals surface area (Å²) < 4.78 is 17.7. The summed E-state index contributed by atoms with van der Waals surface area (Å²) in [4.78, 5) is 26.7. The molecule has 6 N–H and O–H groups in total. The van der Waals surface area contributed by atoms with Gasteiger partial charge >= 0.3 is 5.97 Å². The number of hydrogen-bond donors (Lipinski definition) is 6. The zero-order valence-corrected chi connectivity index (χ0v) is 57.4. The number of nitrogens with one attached hydrogen (secondary N) is 1. The van der Waals surface area contributed by atoms with Gasteiger partial charge in [-0.3, -0.25) is 9.59 Å². The summed E-state index contributed by atoms with van der Waals surface area (Å²) >= 11 is 0. The van der Waals surface area contributed by atoms with E-state index in [9.17, 15) is 35.1 Å². The number of aliphatic hydroxyl groups excluding tert-OH is 5.